The zero-order valence-electron chi connectivity index (χ0n) is 18.3. The van der Waals surface area contributed by atoms with Gasteiger partial charge in [-0.3, -0.25) is 9.59 Å². The van der Waals surface area contributed by atoms with Gasteiger partial charge in [0.1, 0.15) is 11.4 Å². The molecule has 4 rings (SSSR count). The summed E-state index contributed by atoms with van der Waals surface area (Å²) in [5.74, 6) is -0.0934. The van der Waals surface area contributed by atoms with Gasteiger partial charge < -0.3 is 9.64 Å². The van der Waals surface area contributed by atoms with Crippen LogP contribution >= 0.6 is 11.3 Å². The lowest BCUT2D eigenvalue weighted by Crippen LogP contribution is -2.35. The molecule has 0 atom stereocenters. The van der Waals surface area contributed by atoms with E-state index in [0.29, 0.717) is 42.4 Å². The van der Waals surface area contributed by atoms with Crippen molar-refractivity contribution in [1.29, 1.82) is 0 Å². The fourth-order valence-corrected chi connectivity index (χ4v) is 4.56. The van der Waals surface area contributed by atoms with Gasteiger partial charge in [-0.15, -0.1) is 11.3 Å². The van der Waals surface area contributed by atoms with Crippen molar-refractivity contribution in [3.63, 3.8) is 0 Å². The molecule has 0 fully saturated rings. The van der Waals surface area contributed by atoms with Crippen LogP contribution in [0.4, 0.5) is 5.69 Å². The van der Waals surface area contributed by atoms with Crippen LogP contribution in [0, 0.1) is 0 Å². The van der Waals surface area contributed by atoms with Gasteiger partial charge in [0.25, 0.3) is 11.8 Å². The number of thiophene rings is 1. The van der Waals surface area contributed by atoms with Gasteiger partial charge in [-0.1, -0.05) is 55.5 Å². The smallest absolute Gasteiger partial charge is 0.282 e. The highest BCUT2D eigenvalue weighted by atomic mass is 32.1. The van der Waals surface area contributed by atoms with Gasteiger partial charge in [0.15, 0.2) is 0 Å². The Balaban J connectivity index is 1.78. The summed E-state index contributed by atoms with van der Waals surface area (Å²) in [5.41, 5.74) is 2.45. The Morgan fingerprint density at radius 3 is 2.34 bits per heavy atom. The van der Waals surface area contributed by atoms with Gasteiger partial charge in [0, 0.05) is 18.0 Å². The normalized spacial score (nSPS) is 13.8. The molecule has 1 aliphatic rings. The first-order valence-electron chi connectivity index (χ1n) is 10.8. The molecular formula is C26H26N2O3S. The lowest BCUT2D eigenvalue weighted by Gasteiger charge is -2.25. The maximum Gasteiger partial charge on any atom is 0.282 e. The lowest BCUT2D eigenvalue weighted by atomic mass is 10.1. The van der Waals surface area contributed by atoms with E-state index < -0.39 is 0 Å². The van der Waals surface area contributed by atoms with Crippen molar-refractivity contribution < 1.29 is 14.3 Å². The molecule has 0 spiro atoms. The number of benzene rings is 2. The highest BCUT2D eigenvalue weighted by Crippen LogP contribution is 2.40. The van der Waals surface area contributed by atoms with Crippen LogP contribution in [0.5, 0.6) is 5.75 Å². The monoisotopic (exact) mass is 446 g/mol. The van der Waals surface area contributed by atoms with Crippen molar-refractivity contribution in [2.45, 2.75) is 26.8 Å². The third-order valence-electron chi connectivity index (χ3n) is 5.31. The van der Waals surface area contributed by atoms with Crippen molar-refractivity contribution in [3.05, 3.63) is 88.2 Å². The molecule has 0 unspecified atom stereocenters. The molecule has 0 saturated carbocycles. The van der Waals surface area contributed by atoms with Crippen molar-refractivity contribution in [1.82, 2.24) is 4.90 Å². The predicted octanol–water partition coefficient (Wildman–Crippen LogP) is 5.34. The van der Waals surface area contributed by atoms with E-state index in [1.165, 1.54) is 16.2 Å². The summed E-state index contributed by atoms with van der Waals surface area (Å²) in [4.78, 5) is 31.5. The molecule has 2 aromatic carbocycles. The van der Waals surface area contributed by atoms with E-state index >= 15 is 0 Å². The summed E-state index contributed by atoms with van der Waals surface area (Å²) in [6.45, 7) is 5.68. The zero-order chi connectivity index (χ0) is 22.5. The lowest BCUT2D eigenvalue weighted by molar-refractivity contribution is -0.120. The van der Waals surface area contributed by atoms with E-state index in [-0.39, 0.29) is 11.8 Å². The van der Waals surface area contributed by atoms with E-state index in [0.717, 1.165) is 16.9 Å². The number of ether oxygens (including phenoxy) is 1. The molecule has 32 heavy (non-hydrogen) atoms. The van der Waals surface area contributed by atoms with Gasteiger partial charge in [-0.25, -0.2) is 4.90 Å². The number of imide groups is 1. The Morgan fingerprint density at radius 2 is 1.66 bits per heavy atom. The molecule has 0 radical (unpaired) electrons. The molecule has 0 N–H and O–H groups in total. The number of anilines is 1. The van der Waals surface area contributed by atoms with Gasteiger partial charge >= 0.3 is 0 Å². The summed E-state index contributed by atoms with van der Waals surface area (Å²) >= 11 is 1.46. The summed E-state index contributed by atoms with van der Waals surface area (Å²) in [7, 11) is 0. The second kappa shape index (κ2) is 9.83. The maximum absolute atomic E-state index is 13.8. The highest BCUT2D eigenvalue weighted by Gasteiger charge is 2.43. The Hall–Kier alpha value is -3.38. The van der Waals surface area contributed by atoms with E-state index in [9.17, 15) is 9.59 Å². The summed E-state index contributed by atoms with van der Waals surface area (Å²) in [6.07, 6.45) is 0.834. The molecule has 2 amide bonds. The van der Waals surface area contributed by atoms with Crippen LogP contribution in [-0.2, 0) is 16.1 Å². The number of rotatable bonds is 9. The summed E-state index contributed by atoms with van der Waals surface area (Å²) in [5, 5.41) is 1.92. The number of likely N-dealkylation sites (N-methyl/N-ethyl adjacent to an activating group) is 1. The third kappa shape index (κ3) is 4.18. The standard InChI is InChI=1S/C26H26N2O3S/c1-3-16-31-21-14-9-8-13-20(21)28-25(29)23(22-15-10-17-32-22)24(26(28)30)27(4-2)18-19-11-6-5-7-12-19/h5-15,17H,3-4,16,18H2,1-2H3. The first-order chi connectivity index (χ1) is 15.7. The number of amides is 2. The SMILES string of the molecule is CCCOc1ccccc1N1C(=O)C(c2cccs2)=C(N(CC)Cc2ccccc2)C1=O. The Kier molecular flexibility index (Phi) is 6.71. The minimum Gasteiger partial charge on any atom is -0.491 e. The number of para-hydroxylation sites is 2. The fraction of sp³-hybridized carbons (Fsp3) is 0.231. The van der Waals surface area contributed by atoms with E-state index in [1.54, 1.807) is 12.1 Å². The molecule has 2 heterocycles. The van der Waals surface area contributed by atoms with Crippen molar-refractivity contribution >= 4 is 34.4 Å². The molecule has 1 aliphatic heterocycles. The van der Waals surface area contributed by atoms with Crippen LogP contribution in [0.15, 0.2) is 77.8 Å². The molecule has 0 saturated heterocycles. The quantitative estimate of drug-likeness (QED) is 0.416. The van der Waals surface area contributed by atoms with Crippen LogP contribution in [0.3, 0.4) is 0 Å². The molecule has 3 aromatic rings. The molecule has 1 aromatic heterocycles. The second-order valence-corrected chi connectivity index (χ2v) is 8.41. The van der Waals surface area contributed by atoms with Crippen molar-refractivity contribution in [2.24, 2.45) is 0 Å². The average Bonchev–Trinajstić information content (AvgIpc) is 3.43. The largest absolute Gasteiger partial charge is 0.491 e. The Labute approximate surface area is 192 Å². The second-order valence-electron chi connectivity index (χ2n) is 7.46. The number of hydrogen-bond donors (Lipinski definition) is 0. The first-order valence-corrected chi connectivity index (χ1v) is 11.7. The van der Waals surface area contributed by atoms with E-state index in [4.69, 9.17) is 4.74 Å². The molecular weight excluding hydrogens is 420 g/mol. The van der Waals surface area contributed by atoms with Crippen LogP contribution in [0.25, 0.3) is 5.57 Å². The Morgan fingerprint density at radius 1 is 0.906 bits per heavy atom. The summed E-state index contributed by atoms with van der Waals surface area (Å²) in [6, 6.07) is 21.0. The summed E-state index contributed by atoms with van der Waals surface area (Å²) < 4.78 is 5.86. The minimum atomic E-state index is -0.316. The van der Waals surface area contributed by atoms with Gasteiger partial charge in [0.2, 0.25) is 0 Å². The van der Waals surface area contributed by atoms with Crippen molar-refractivity contribution in [2.75, 3.05) is 18.1 Å². The van der Waals surface area contributed by atoms with Gasteiger partial charge in [-0.2, -0.15) is 0 Å². The van der Waals surface area contributed by atoms with E-state index in [2.05, 4.69) is 0 Å². The fourth-order valence-electron chi connectivity index (χ4n) is 3.80. The van der Waals surface area contributed by atoms with Crippen molar-refractivity contribution in [3.8, 4) is 5.75 Å². The first kappa shape index (κ1) is 21.8. The van der Waals surface area contributed by atoms with Gasteiger partial charge in [0.05, 0.1) is 17.9 Å². The number of nitrogens with zero attached hydrogens (tertiary/aromatic N) is 2. The zero-order valence-corrected chi connectivity index (χ0v) is 19.1. The van der Waals surface area contributed by atoms with Crippen LogP contribution < -0.4 is 9.64 Å². The Bertz CT molecular complexity index is 1120. The number of hydrogen-bond acceptors (Lipinski definition) is 5. The van der Waals surface area contributed by atoms with Gasteiger partial charge in [-0.05, 0) is 42.5 Å². The molecule has 0 aliphatic carbocycles. The topological polar surface area (TPSA) is 49.9 Å². The highest BCUT2D eigenvalue weighted by molar-refractivity contribution is 7.11. The third-order valence-corrected chi connectivity index (χ3v) is 6.20. The minimum absolute atomic E-state index is 0.313. The predicted molar refractivity (Wildman–Crippen MR) is 128 cm³/mol. The number of carbonyl (C=O) groups is 2. The average molecular weight is 447 g/mol. The maximum atomic E-state index is 13.8. The number of carbonyl (C=O) groups excluding carboxylic acids is 2. The molecule has 164 valence electrons. The van der Waals surface area contributed by atoms with E-state index in [1.807, 2.05) is 78.7 Å². The van der Waals surface area contributed by atoms with Crippen LogP contribution in [0.1, 0.15) is 30.7 Å². The molecule has 5 nitrogen and oxygen atoms in total. The van der Waals surface area contributed by atoms with Crippen LogP contribution in [0.2, 0.25) is 0 Å². The molecule has 6 heteroatoms. The molecule has 0 bridgehead atoms. The van der Waals surface area contributed by atoms with Crippen LogP contribution in [-0.4, -0.2) is 29.9 Å².